The molecule has 0 aliphatic rings. The molecule has 29 heavy (non-hydrogen) atoms. The Hall–Kier alpha value is -2.78. The summed E-state index contributed by atoms with van der Waals surface area (Å²) in [4.78, 5) is 12.2. The van der Waals surface area contributed by atoms with E-state index in [2.05, 4.69) is 10.1 Å². The summed E-state index contributed by atoms with van der Waals surface area (Å²) in [6, 6.07) is 11.8. The predicted octanol–water partition coefficient (Wildman–Crippen LogP) is 3.97. The third-order valence-corrected chi connectivity index (χ3v) is 6.02. The van der Waals surface area contributed by atoms with Crippen molar-refractivity contribution in [1.29, 1.82) is 0 Å². The van der Waals surface area contributed by atoms with Crippen LogP contribution in [0.15, 0.2) is 59.5 Å². The molecule has 0 bridgehead atoms. The minimum atomic E-state index is -3.63. The molecule has 9 heteroatoms. The summed E-state index contributed by atoms with van der Waals surface area (Å²) in [6.07, 6.45) is 2.76. The van der Waals surface area contributed by atoms with Gasteiger partial charge in [-0.3, -0.25) is 4.79 Å². The minimum Gasteiger partial charge on any atom is -0.435 e. The number of nitrogens with zero attached hydrogens (tertiary/aromatic N) is 1. The third-order valence-electron chi connectivity index (χ3n) is 3.98. The molecule has 0 aliphatic carbocycles. The summed E-state index contributed by atoms with van der Waals surface area (Å²) in [5.41, 5.74) is 0.952. The van der Waals surface area contributed by atoms with E-state index in [0.717, 1.165) is 0 Å². The third kappa shape index (κ3) is 6.37. The highest BCUT2D eigenvalue weighted by atomic mass is 32.2. The molecule has 1 N–H and O–H groups in total. The highest BCUT2D eigenvalue weighted by molar-refractivity contribution is 7.89. The molecule has 2 rings (SSSR count). The Kier molecular flexibility index (Phi) is 7.86. The highest BCUT2D eigenvalue weighted by Gasteiger charge is 2.21. The van der Waals surface area contributed by atoms with Crippen molar-refractivity contribution in [3.8, 4) is 5.75 Å². The van der Waals surface area contributed by atoms with Crippen molar-refractivity contribution < 1.29 is 26.7 Å². The van der Waals surface area contributed by atoms with Crippen LogP contribution in [0.4, 0.5) is 14.5 Å². The Bertz CT molecular complexity index is 957. The first-order valence-corrected chi connectivity index (χ1v) is 10.3. The van der Waals surface area contributed by atoms with Gasteiger partial charge < -0.3 is 10.1 Å². The van der Waals surface area contributed by atoms with Crippen molar-refractivity contribution in [2.24, 2.45) is 0 Å². The van der Waals surface area contributed by atoms with E-state index in [1.54, 1.807) is 26.0 Å². The molecule has 0 radical (unpaired) electrons. The second-order valence-electron chi connectivity index (χ2n) is 5.89. The lowest BCUT2D eigenvalue weighted by molar-refractivity contribution is -0.111. The zero-order chi connectivity index (χ0) is 21.4. The van der Waals surface area contributed by atoms with Gasteiger partial charge in [-0.05, 0) is 42.0 Å². The van der Waals surface area contributed by atoms with E-state index in [1.807, 2.05) is 0 Å². The number of halogens is 2. The Labute approximate surface area is 168 Å². The minimum absolute atomic E-state index is 0.0211. The van der Waals surface area contributed by atoms with Gasteiger partial charge in [0.05, 0.1) is 4.90 Å². The van der Waals surface area contributed by atoms with Crippen LogP contribution >= 0.6 is 0 Å². The molecule has 1 amide bonds. The number of anilines is 1. The van der Waals surface area contributed by atoms with Gasteiger partial charge in [0.2, 0.25) is 15.9 Å². The Morgan fingerprint density at radius 1 is 1.14 bits per heavy atom. The number of ether oxygens (including phenoxy) is 1. The molecular weight excluding hydrogens is 402 g/mol. The predicted molar refractivity (Wildman–Crippen MR) is 107 cm³/mol. The normalized spacial score (nSPS) is 11.9. The summed E-state index contributed by atoms with van der Waals surface area (Å²) in [5, 5.41) is 2.60. The number of benzene rings is 2. The van der Waals surface area contributed by atoms with Gasteiger partial charge in [-0.1, -0.05) is 32.0 Å². The van der Waals surface area contributed by atoms with E-state index in [1.165, 1.54) is 52.9 Å². The van der Waals surface area contributed by atoms with E-state index in [9.17, 15) is 22.0 Å². The van der Waals surface area contributed by atoms with Crippen molar-refractivity contribution in [3.05, 3.63) is 60.2 Å². The topological polar surface area (TPSA) is 75.7 Å². The lowest BCUT2D eigenvalue weighted by atomic mass is 10.2. The second-order valence-corrected chi connectivity index (χ2v) is 7.83. The molecule has 0 fully saturated rings. The fourth-order valence-electron chi connectivity index (χ4n) is 2.56. The monoisotopic (exact) mass is 424 g/mol. The van der Waals surface area contributed by atoms with E-state index in [4.69, 9.17) is 0 Å². The Morgan fingerprint density at radius 2 is 1.79 bits per heavy atom. The molecule has 0 heterocycles. The molecule has 0 aliphatic heterocycles. The highest BCUT2D eigenvalue weighted by Crippen LogP contribution is 2.20. The van der Waals surface area contributed by atoms with Crippen LogP contribution in [0.1, 0.15) is 19.4 Å². The van der Waals surface area contributed by atoms with Gasteiger partial charge in [0.15, 0.2) is 0 Å². The number of carbonyl (C=O) groups is 1. The number of hydrogen-bond acceptors (Lipinski definition) is 4. The maximum Gasteiger partial charge on any atom is 0.387 e. The van der Waals surface area contributed by atoms with E-state index in [-0.39, 0.29) is 10.6 Å². The van der Waals surface area contributed by atoms with Crippen LogP contribution in [-0.4, -0.2) is 38.3 Å². The lowest BCUT2D eigenvalue weighted by Crippen LogP contribution is -2.30. The summed E-state index contributed by atoms with van der Waals surface area (Å²) in [7, 11) is -3.63. The van der Waals surface area contributed by atoms with Gasteiger partial charge in [-0.15, -0.1) is 0 Å². The Morgan fingerprint density at radius 3 is 2.38 bits per heavy atom. The molecule has 0 atom stereocenters. The van der Waals surface area contributed by atoms with Crippen LogP contribution < -0.4 is 10.1 Å². The fourth-order valence-corrected chi connectivity index (χ4v) is 4.07. The van der Waals surface area contributed by atoms with Gasteiger partial charge in [-0.25, -0.2) is 8.42 Å². The number of amides is 1. The van der Waals surface area contributed by atoms with Crippen molar-refractivity contribution in [2.45, 2.75) is 25.4 Å². The molecule has 6 nitrogen and oxygen atoms in total. The smallest absolute Gasteiger partial charge is 0.387 e. The molecule has 2 aromatic rings. The van der Waals surface area contributed by atoms with Crippen molar-refractivity contribution in [2.75, 3.05) is 18.4 Å². The second kappa shape index (κ2) is 10.1. The summed E-state index contributed by atoms with van der Waals surface area (Å²) in [5.74, 6) is -0.442. The molecule has 0 unspecified atom stereocenters. The zero-order valence-electron chi connectivity index (χ0n) is 16.0. The maximum absolute atomic E-state index is 12.6. The molecule has 156 valence electrons. The first-order chi connectivity index (χ1) is 13.8. The van der Waals surface area contributed by atoms with E-state index >= 15 is 0 Å². The fraction of sp³-hybridized carbons (Fsp3) is 0.250. The SMILES string of the molecule is CCN(CC)S(=O)(=O)c1cccc(NC(=O)/C=C/c2ccc(OC(F)F)cc2)c1. The van der Waals surface area contributed by atoms with Crippen LogP contribution in [0.3, 0.4) is 0 Å². The average Bonchev–Trinajstić information content (AvgIpc) is 2.68. The summed E-state index contributed by atoms with van der Waals surface area (Å²) >= 11 is 0. The van der Waals surface area contributed by atoms with Gasteiger partial charge in [0, 0.05) is 24.9 Å². The molecule has 2 aromatic carbocycles. The number of alkyl halides is 2. The van der Waals surface area contributed by atoms with Crippen molar-refractivity contribution in [3.63, 3.8) is 0 Å². The Balaban J connectivity index is 2.06. The molecule has 0 saturated carbocycles. The van der Waals surface area contributed by atoms with Crippen LogP contribution in [-0.2, 0) is 14.8 Å². The standard InChI is InChI=1S/C20H22F2N2O4S/c1-3-24(4-2)29(26,27)18-7-5-6-16(14-18)23-19(25)13-10-15-8-11-17(12-9-15)28-20(21)22/h5-14,20H,3-4H2,1-2H3,(H,23,25)/b13-10+. The first kappa shape index (κ1) is 22.5. The van der Waals surface area contributed by atoms with Crippen LogP contribution in [0, 0.1) is 0 Å². The van der Waals surface area contributed by atoms with Gasteiger partial charge >= 0.3 is 6.61 Å². The van der Waals surface area contributed by atoms with E-state index < -0.39 is 22.5 Å². The van der Waals surface area contributed by atoms with Crippen LogP contribution in [0.2, 0.25) is 0 Å². The number of hydrogen-bond donors (Lipinski definition) is 1. The average molecular weight is 424 g/mol. The largest absolute Gasteiger partial charge is 0.435 e. The van der Waals surface area contributed by atoms with Crippen LogP contribution in [0.5, 0.6) is 5.75 Å². The molecule has 0 aromatic heterocycles. The number of rotatable bonds is 9. The van der Waals surface area contributed by atoms with Crippen LogP contribution in [0.25, 0.3) is 6.08 Å². The summed E-state index contributed by atoms with van der Waals surface area (Å²) in [6.45, 7) is 1.30. The maximum atomic E-state index is 12.6. The van der Waals surface area contributed by atoms with Crippen molar-refractivity contribution >= 4 is 27.7 Å². The van der Waals surface area contributed by atoms with E-state index in [0.29, 0.717) is 24.3 Å². The van der Waals surface area contributed by atoms with Crippen molar-refractivity contribution in [1.82, 2.24) is 4.31 Å². The summed E-state index contributed by atoms with van der Waals surface area (Å²) < 4.78 is 55.0. The number of sulfonamides is 1. The number of nitrogens with one attached hydrogen (secondary N) is 1. The molecular formula is C20H22F2N2O4S. The number of carbonyl (C=O) groups excluding carboxylic acids is 1. The van der Waals surface area contributed by atoms with Gasteiger partial charge in [0.25, 0.3) is 0 Å². The molecule has 0 saturated heterocycles. The van der Waals surface area contributed by atoms with Gasteiger partial charge in [0.1, 0.15) is 5.75 Å². The molecule has 0 spiro atoms. The zero-order valence-corrected chi connectivity index (χ0v) is 16.8. The lowest BCUT2D eigenvalue weighted by Gasteiger charge is -2.18. The quantitative estimate of drug-likeness (QED) is 0.618. The van der Waals surface area contributed by atoms with Gasteiger partial charge in [-0.2, -0.15) is 13.1 Å². The first-order valence-electron chi connectivity index (χ1n) is 8.90.